The van der Waals surface area contributed by atoms with Gasteiger partial charge in [-0.2, -0.15) is 0 Å². The SMILES string of the molecule is CCOC(=O)/C=C(\C)NC1C(=O)N(C(c2ccc(OC)cc2)c2ccc(OC)cc2)C1/C=C/c1ccccc1. The predicted molar refractivity (Wildman–Crippen MR) is 151 cm³/mol. The summed E-state index contributed by atoms with van der Waals surface area (Å²) in [6.45, 7) is 3.80. The first-order valence-corrected chi connectivity index (χ1v) is 12.9. The van der Waals surface area contributed by atoms with Gasteiger partial charge in [0.05, 0.1) is 32.9 Å². The van der Waals surface area contributed by atoms with Crippen LogP contribution in [0.2, 0.25) is 0 Å². The van der Waals surface area contributed by atoms with E-state index in [9.17, 15) is 9.59 Å². The first kappa shape index (κ1) is 27.5. The molecule has 3 aromatic rings. The van der Waals surface area contributed by atoms with Gasteiger partial charge in [0.15, 0.2) is 0 Å². The molecular formula is C32H34N2O5. The maximum atomic E-state index is 13.8. The van der Waals surface area contributed by atoms with Crippen molar-refractivity contribution in [1.29, 1.82) is 0 Å². The first-order valence-electron chi connectivity index (χ1n) is 12.9. The summed E-state index contributed by atoms with van der Waals surface area (Å²) < 4.78 is 15.8. The number of esters is 1. The number of methoxy groups -OCH3 is 2. The van der Waals surface area contributed by atoms with Crippen molar-refractivity contribution in [2.75, 3.05) is 20.8 Å². The summed E-state index contributed by atoms with van der Waals surface area (Å²) in [6.07, 6.45) is 5.43. The number of β-lactam (4-membered cyclic amide) rings is 1. The van der Waals surface area contributed by atoms with Crippen LogP contribution in [-0.4, -0.2) is 49.7 Å². The molecule has 0 spiro atoms. The summed E-state index contributed by atoms with van der Waals surface area (Å²) in [5.41, 5.74) is 3.49. The summed E-state index contributed by atoms with van der Waals surface area (Å²) in [5, 5.41) is 3.24. The molecule has 0 saturated carbocycles. The molecule has 202 valence electrons. The lowest BCUT2D eigenvalue weighted by Crippen LogP contribution is -2.69. The highest BCUT2D eigenvalue weighted by molar-refractivity contribution is 5.92. The number of allylic oxidation sites excluding steroid dienone is 1. The lowest BCUT2D eigenvalue weighted by Gasteiger charge is -2.50. The molecule has 3 aromatic carbocycles. The van der Waals surface area contributed by atoms with Crippen molar-refractivity contribution < 1.29 is 23.8 Å². The van der Waals surface area contributed by atoms with Gasteiger partial charge >= 0.3 is 5.97 Å². The number of benzene rings is 3. The average Bonchev–Trinajstić information content (AvgIpc) is 2.96. The Kier molecular flexibility index (Phi) is 9.05. The van der Waals surface area contributed by atoms with E-state index in [0.29, 0.717) is 5.70 Å². The standard InChI is InChI=1S/C32H34N2O5/c1-5-39-29(35)21-22(2)33-30-28(20-11-23-9-7-6-8-10-23)34(32(30)36)31(24-12-16-26(37-3)17-13-24)25-14-18-27(38-4)19-15-25/h6-21,28,30-31,33H,5H2,1-4H3/b20-11+,22-21+. The maximum Gasteiger partial charge on any atom is 0.332 e. The number of carbonyl (C=O) groups is 2. The second kappa shape index (κ2) is 12.8. The van der Waals surface area contributed by atoms with Crippen molar-refractivity contribution in [3.8, 4) is 11.5 Å². The Morgan fingerprint density at radius 1 is 0.923 bits per heavy atom. The van der Waals surface area contributed by atoms with Gasteiger partial charge in [-0.3, -0.25) is 4.79 Å². The van der Waals surface area contributed by atoms with E-state index in [1.54, 1.807) is 28.1 Å². The third-order valence-electron chi connectivity index (χ3n) is 6.61. The largest absolute Gasteiger partial charge is 0.497 e. The average molecular weight is 527 g/mol. The third-order valence-corrected chi connectivity index (χ3v) is 6.61. The fraction of sp³-hybridized carbons (Fsp3) is 0.250. The van der Waals surface area contributed by atoms with Gasteiger partial charge in [0.1, 0.15) is 17.5 Å². The zero-order valence-corrected chi connectivity index (χ0v) is 22.7. The van der Waals surface area contributed by atoms with Gasteiger partial charge in [0.25, 0.3) is 0 Å². The summed E-state index contributed by atoms with van der Waals surface area (Å²) in [5.74, 6) is 0.951. The molecule has 0 radical (unpaired) electrons. The first-order chi connectivity index (χ1) is 18.9. The van der Waals surface area contributed by atoms with Crippen LogP contribution in [0, 0.1) is 0 Å². The monoisotopic (exact) mass is 526 g/mol. The van der Waals surface area contributed by atoms with E-state index in [2.05, 4.69) is 5.32 Å². The quantitative estimate of drug-likeness (QED) is 0.212. The predicted octanol–water partition coefficient (Wildman–Crippen LogP) is 5.14. The van der Waals surface area contributed by atoms with Crippen molar-refractivity contribution in [3.63, 3.8) is 0 Å². The van der Waals surface area contributed by atoms with Crippen molar-refractivity contribution >= 4 is 18.0 Å². The molecular weight excluding hydrogens is 492 g/mol. The zero-order valence-electron chi connectivity index (χ0n) is 22.7. The number of nitrogens with zero attached hydrogens (tertiary/aromatic N) is 1. The molecule has 0 bridgehead atoms. The van der Waals surface area contributed by atoms with Crippen LogP contribution in [0.1, 0.15) is 36.6 Å². The Labute approximate surface area is 229 Å². The zero-order chi connectivity index (χ0) is 27.8. The van der Waals surface area contributed by atoms with Gasteiger partial charge < -0.3 is 24.4 Å². The van der Waals surface area contributed by atoms with Crippen molar-refractivity contribution in [2.24, 2.45) is 0 Å². The van der Waals surface area contributed by atoms with E-state index in [1.807, 2.05) is 95.9 Å². The van der Waals surface area contributed by atoms with Gasteiger partial charge in [0.2, 0.25) is 5.91 Å². The van der Waals surface area contributed by atoms with Crippen LogP contribution >= 0.6 is 0 Å². The van der Waals surface area contributed by atoms with E-state index >= 15 is 0 Å². The van der Waals surface area contributed by atoms with Crippen LogP contribution in [0.5, 0.6) is 11.5 Å². The van der Waals surface area contributed by atoms with Crippen LogP contribution in [0.4, 0.5) is 0 Å². The van der Waals surface area contributed by atoms with Crippen LogP contribution in [-0.2, 0) is 14.3 Å². The van der Waals surface area contributed by atoms with Gasteiger partial charge in [0, 0.05) is 11.8 Å². The number of carbonyl (C=O) groups excluding carboxylic acids is 2. The normalized spacial score (nSPS) is 17.2. The van der Waals surface area contributed by atoms with E-state index in [4.69, 9.17) is 14.2 Å². The van der Waals surface area contributed by atoms with E-state index in [0.717, 1.165) is 28.2 Å². The Balaban J connectivity index is 1.73. The van der Waals surface area contributed by atoms with Crippen LogP contribution in [0.3, 0.4) is 0 Å². The molecule has 1 aliphatic rings. The highest BCUT2D eigenvalue weighted by Crippen LogP contribution is 2.39. The molecule has 4 rings (SSSR count). The molecule has 1 N–H and O–H groups in total. The Morgan fingerprint density at radius 3 is 2.00 bits per heavy atom. The lowest BCUT2D eigenvalue weighted by molar-refractivity contribution is -0.151. The number of ether oxygens (including phenoxy) is 3. The fourth-order valence-corrected chi connectivity index (χ4v) is 4.69. The maximum absolute atomic E-state index is 13.8. The van der Waals surface area contributed by atoms with Gasteiger partial charge in [-0.25, -0.2) is 4.79 Å². The minimum Gasteiger partial charge on any atom is -0.497 e. The van der Waals surface area contributed by atoms with Crippen molar-refractivity contribution in [1.82, 2.24) is 10.2 Å². The van der Waals surface area contributed by atoms with Crippen molar-refractivity contribution in [2.45, 2.75) is 32.0 Å². The molecule has 0 aromatic heterocycles. The number of rotatable bonds is 11. The number of hydrogen-bond acceptors (Lipinski definition) is 6. The Morgan fingerprint density at radius 2 is 1.49 bits per heavy atom. The van der Waals surface area contributed by atoms with Crippen molar-refractivity contribution in [3.05, 3.63) is 113 Å². The topological polar surface area (TPSA) is 77.1 Å². The number of hydrogen-bond donors (Lipinski definition) is 1. The van der Waals surface area contributed by atoms with Gasteiger partial charge in [-0.1, -0.05) is 66.7 Å². The third kappa shape index (κ3) is 6.49. The minimum atomic E-state index is -0.547. The molecule has 1 aliphatic heterocycles. The van der Waals surface area contributed by atoms with Crippen LogP contribution in [0.25, 0.3) is 6.08 Å². The van der Waals surface area contributed by atoms with E-state index < -0.39 is 12.0 Å². The number of nitrogens with one attached hydrogen (secondary N) is 1. The highest BCUT2D eigenvalue weighted by Gasteiger charge is 2.50. The summed E-state index contributed by atoms with van der Waals surface area (Å²) in [6, 6.07) is 24.2. The van der Waals surface area contributed by atoms with Gasteiger partial charge in [-0.05, 0) is 54.8 Å². The molecule has 2 unspecified atom stereocenters. The molecule has 1 heterocycles. The van der Waals surface area contributed by atoms with Crippen LogP contribution < -0.4 is 14.8 Å². The minimum absolute atomic E-state index is 0.0778. The number of likely N-dealkylation sites (tertiary alicyclic amines) is 1. The molecule has 7 nitrogen and oxygen atoms in total. The molecule has 2 atom stereocenters. The smallest absolute Gasteiger partial charge is 0.332 e. The molecule has 1 fully saturated rings. The van der Waals surface area contributed by atoms with Gasteiger partial charge in [-0.15, -0.1) is 0 Å². The Hall–Kier alpha value is -4.52. The second-order valence-corrected chi connectivity index (χ2v) is 9.16. The molecule has 1 amide bonds. The Bertz CT molecular complexity index is 1270. The van der Waals surface area contributed by atoms with E-state index in [-0.39, 0.29) is 24.6 Å². The second-order valence-electron chi connectivity index (χ2n) is 9.16. The van der Waals surface area contributed by atoms with E-state index in [1.165, 1.54) is 6.08 Å². The molecule has 1 saturated heterocycles. The fourth-order valence-electron chi connectivity index (χ4n) is 4.69. The van der Waals surface area contributed by atoms with Crippen LogP contribution in [0.15, 0.2) is 96.7 Å². The molecule has 0 aliphatic carbocycles. The summed E-state index contributed by atoms with van der Waals surface area (Å²) in [4.78, 5) is 27.7. The lowest BCUT2D eigenvalue weighted by atomic mass is 9.86. The number of amides is 1. The summed E-state index contributed by atoms with van der Waals surface area (Å²) in [7, 11) is 3.25. The highest BCUT2D eigenvalue weighted by atomic mass is 16.5. The summed E-state index contributed by atoms with van der Waals surface area (Å²) >= 11 is 0. The molecule has 39 heavy (non-hydrogen) atoms. The molecule has 7 heteroatoms.